The highest BCUT2D eigenvalue weighted by Gasteiger charge is 2.26. The number of rotatable bonds is 4. The Balaban J connectivity index is 1.91. The summed E-state index contributed by atoms with van der Waals surface area (Å²) in [5, 5.41) is 0. The number of ether oxygens (including phenoxy) is 2. The lowest BCUT2D eigenvalue weighted by molar-refractivity contribution is 0.174. The Bertz CT molecular complexity index is 524. The Kier molecular flexibility index (Phi) is 4.94. The van der Waals surface area contributed by atoms with Crippen molar-refractivity contribution >= 4 is 13.7 Å². The summed E-state index contributed by atoms with van der Waals surface area (Å²) in [5.74, 6) is 1.07. The quantitative estimate of drug-likeness (QED) is 0.782. The average molecular weight is 302 g/mol. The first-order valence-corrected chi connectivity index (χ1v) is 8.46. The minimum atomic E-state index is 0.288. The van der Waals surface area contributed by atoms with Gasteiger partial charge in [-0.25, -0.2) is 0 Å². The molecule has 0 spiro atoms. The summed E-state index contributed by atoms with van der Waals surface area (Å²) in [6.45, 7) is 7.13. The molecule has 0 bridgehead atoms. The van der Waals surface area contributed by atoms with Gasteiger partial charge in [0.1, 0.15) is 11.9 Å². The van der Waals surface area contributed by atoms with E-state index in [1.54, 1.807) is 7.11 Å². The molecule has 2 aliphatic heterocycles. The highest BCUT2D eigenvalue weighted by Crippen LogP contribution is 2.37. The molecule has 0 radical (unpaired) electrons. The van der Waals surface area contributed by atoms with E-state index < -0.39 is 0 Å². The molecular formula is C17H27BN2O2. The van der Waals surface area contributed by atoms with Crippen molar-refractivity contribution in [3.63, 3.8) is 0 Å². The van der Waals surface area contributed by atoms with E-state index in [0.717, 1.165) is 57.8 Å². The van der Waals surface area contributed by atoms with Crippen molar-refractivity contribution in [1.82, 2.24) is 4.81 Å². The van der Waals surface area contributed by atoms with Crippen LogP contribution in [0, 0.1) is 0 Å². The maximum atomic E-state index is 6.23. The van der Waals surface area contributed by atoms with Crippen LogP contribution in [-0.2, 0) is 17.6 Å². The average Bonchev–Trinajstić information content (AvgIpc) is 2.72. The SMILES string of the molecule is BN1CCc2cc3c(cc2CC1)N(CCOC)CC(CC)O3. The van der Waals surface area contributed by atoms with Gasteiger partial charge in [-0.05, 0) is 55.6 Å². The van der Waals surface area contributed by atoms with Crippen molar-refractivity contribution in [3.05, 3.63) is 23.3 Å². The van der Waals surface area contributed by atoms with E-state index in [4.69, 9.17) is 9.47 Å². The van der Waals surface area contributed by atoms with E-state index >= 15 is 0 Å². The van der Waals surface area contributed by atoms with Crippen LogP contribution in [0.1, 0.15) is 24.5 Å². The number of hydrogen-bond donors (Lipinski definition) is 0. The summed E-state index contributed by atoms with van der Waals surface area (Å²) in [7, 11) is 3.98. The fraction of sp³-hybridized carbons (Fsp3) is 0.647. The van der Waals surface area contributed by atoms with E-state index in [0.29, 0.717) is 0 Å². The van der Waals surface area contributed by atoms with Crippen LogP contribution in [0.3, 0.4) is 0 Å². The Morgan fingerprint density at radius 3 is 2.68 bits per heavy atom. The van der Waals surface area contributed by atoms with E-state index in [-0.39, 0.29) is 6.10 Å². The van der Waals surface area contributed by atoms with Gasteiger partial charge < -0.3 is 19.2 Å². The number of methoxy groups -OCH3 is 1. The van der Waals surface area contributed by atoms with Crippen LogP contribution < -0.4 is 9.64 Å². The second kappa shape index (κ2) is 6.92. The summed E-state index contributed by atoms with van der Waals surface area (Å²) < 4.78 is 11.5. The number of hydrogen-bond acceptors (Lipinski definition) is 4. The molecule has 0 N–H and O–H groups in total. The molecule has 0 aromatic heterocycles. The number of fused-ring (bicyclic) bond motifs is 2. The zero-order valence-electron chi connectivity index (χ0n) is 14.1. The molecule has 1 aromatic carbocycles. The van der Waals surface area contributed by atoms with Gasteiger partial charge in [0.15, 0.2) is 7.98 Å². The molecule has 0 fully saturated rings. The Morgan fingerprint density at radius 1 is 1.27 bits per heavy atom. The molecule has 5 heteroatoms. The molecule has 0 aliphatic carbocycles. The molecule has 1 atom stereocenters. The molecule has 2 heterocycles. The molecule has 0 amide bonds. The highest BCUT2D eigenvalue weighted by atomic mass is 16.5. The highest BCUT2D eigenvalue weighted by molar-refractivity contribution is 6.04. The standard InChI is InChI=1S/C17H27BN2O2/c1-3-15-12-19(8-9-21-2)16-10-13-4-6-20(18)7-5-14(13)11-17(16)22-15/h10-11,15H,3-9,12,18H2,1-2H3. The van der Waals surface area contributed by atoms with Crippen molar-refractivity contribution in [1.29, 1.82) is 0 Å². The summed E-state index contributed by atoms with van der Waals surface area (Å²) in [6, 6.07) is 4.66. The van der Waals surface area contributed by atoms with Crippen molar-refractivity contribution in [3.8, 4) is 5.75 Å². The van der Waals surface area contributed by atoms with Crippen LogP contribution in [-0.4, -0.2) is 58.8 Å². The number of nitrogens with zero attached hydrogens (tertiary/aromatic N) is 2. The number of anilines is 1. The lowest BCUT2D eigenvalue weighted by Gasteiger charge is -2.36. The van der Waals surface area contributed by atoms with Crippen molar-refractivity contribution < 1.29 is 9.47 Å². The third kappa shape index (κ3) is 3.25. The van der Waals surface area contributed by atoms with Gasteiger partial charge in [0.25, 0.3) is 0 Å². The van der Waals surface area contributed by atoms with Gasteiger partial charge in [-0.15, -0.1) is 0 Å². The molecule has 120 valence electrons. The van der Waals surface area contributed by atoms with Crippen LogP contribution in [0.25, 0.3) is 0 Å². The molecular weight excluding hydrogens is 275 g/mol. The van der Waals surface area contributed by atoms with Crippen LogP contribution in [0.4, 0.5) is 5.69 Å². The predicted octanol–water partition coefficient (Wildman–Crippen LogP) is 1.26. The third-order valence-corrected chi connectivity index (χ3v) is 4.89. The minimum absolute atomic E-state index is 0.288. The van der Waals surface area contributed by atoms with Crippen molar-refractivity contribution in [2.45, 2.75) is 32.3 Å². The molecule has 22 heavy (non-hydrogen) atoms. The van der Waals surface area contributed by atoms with Crippen LogP contribution in [0.15, 0.2) is 12.1 Å². The summed E-state index contributed by atoms with van der Waals surface area (Å²) in [4.78, 5) is 4.85. The van der Waals surface area contributed by atoms with E-state index in [2.05, 4.69) is 36.7 Å². The lowest BCUT2D eigenvalue weighted by atomic mass is 9.99. The van der Waals surface area contributed by atoms with Crippen LogP contribution in [0.2, 0.25) is 0 Å². The first-order chi connectivity index (χ1) is 10.7. The fourth-order valence-electron chi connectivity index (χ4n) is 3.38. The van der Waals surface area contributed by atoms with E-state index in [9.17, 15) is 0 Å². The van der Waals surface area contributed by atoms with Crippen molar-refractivity contribution in [2.75, 3.05) is 44.8 Å². The largest absolute Gasteiger partial charge is 0.486 e. The summed E-state index contributed by atoms with van der Waals surface area (Å²) >= 11 is 0. The predicted molar refractivity (Wildman–Crippen MR) is 92.8 cm³/mol. The normalized spacial score (nSPS) is 21.7. The molecule has 3 rings (SSSR count). The van der Waals surface area contributed by atoms with Gasteiger partial charge in [0, 0.05) is 13.7 Å². The Hall–Kier alpha value is -1.20. The third-order valence-electron chi connectivity index (χ3n) is 4.89. The smallest absolute Gasteiger partial charge is 0.185 e. The van der Waals surface area contributed by atoms with Crippen molar-refractivity contribution in [2.24, 2.45) is 0 Å². The zero-order valence-corrected chi connectivity index (χ0v) is 14.1. The molecule has 0 saturated carbocycles. The van der Waals surface area contributed by atoms with Gasteiger partial charge >= 0.3 is 0 Å². The Morgan fingerprint density at radius 2 is 2.00 bits per heavy atom. The van der Waals surface area contributed by atoms with Gasteiger partial charge in [-0.3, -0.25) is 0 Å². The first-order valence-electron chi connectivity index (χ1n) is 8.46. The number of benzene rings is 1. The maximum absolute atomic E-state index is 6.23. The van der Waals surface area contributed by atoms with E-state index in [1.165, 1.54) is 16.8 Å². The topological polar surface area (TPSA) is 24.9 Å². The lowest BCUT2D eigenvalue weighted by Crippen LogP contribution is -2.41. The van der Waals surface area contributed by atoms with Gasteiger partial charge in [-0.2, -0.15) is 0 Å². The molecule has 2 aliphatic rings. The molecule has 0 saturated heterocycles. The molecule has 4 nitrogen and oxygen atoms in total. The van der Waals surface area contributed by atoms with Gasteiger partial charge in [-0.1, -0.05) is 6.92 Å². The first kappa shape index (κ1) is 15.7. The molecule has 1 unspecified atom stereocenters. The second-order valence-electron chi connectivity index (χ2n) is 6.48. The van der Waals surface area contributed by atoms with Gasteiger partial charge in [0.05, 0.1) is 18.8 Å². The summed E-state index contributed by atoms with van der Waals surface area (Å²) in [6.07, 6.45) is 3.59. The van der Waals surface area contributed by atoms with Crippen LogP contribution >= 0.6 is 0 Å². The van der Waals surface area contributed by atoms with Gasteiger partial charge in [0.2, 0.25) is 0 Å². The second-order valence-corrected chi connectivity index (χ2v) is 6.48. The fourth-order valence-corrected chi connectivity index (χ4v) is 3.38. The Labute approximate surface area is 134 Å². The summed E-state index contributed by atoms with van der Waals surface area (Å²) in [5.41, 5.74) is 4.21. The van der Waals surface area contributed by atoms with Crippen LogP contribution in [0.5, 0.6) is 5.75 Å². The zero-order chi connectivity index (χ0) is 15.5. The monoisotopic (exact) mass is 302 g/mol. The van der Waals surface area contributed by atoms with E-state index in [1.807, 2.05) is 0 Å². The molecule has 1 aromatic rings. The maximum Gasteiger partial charge on any atom is 0.185 e. The minimum Gasteiger partial charge on any atom is -0.486 e.